The molecule has 1 aliphatic carbocycles. The van der Waals surface area contributed by atoms with Crippen molar-refractivity contribution in [3.05, 3.63) is 65.2 Å². The molecule has 0 heterocycles. The van der Waals surface area contributed by atoms with Gasteiger partial charge in [-0.15, -0.1) is 11.8 Å². The second-order valence-electron chi connectivity index (χ2n) is 7.97. The Hall–Kier alpha value is -1.98. The first-order chi connectivity index (χ1) is 15.1. The van der Waals surface area contributed by atoms with Gasteiger partial charge in [0, 0.05) is 34.7 Å². The molecule has 4 nitrogen and oxygen atoms in total. The van der Waals surface area contributed by atoms with E-state index < -0.39 is 6.04 Å². The molecule has 0 saturated heterocycles. The molecule has 6 heteroatoms. The highest BCUT2D eigenvalue weighted by atomic mass is 35.5. The number of carbonyl (C=O) groups excluding carboxylic acids is 2. The van der Waals surface area contributed by atoms with Gasteiger partial charge in [0.25, 0.3) is 0 Å². The van der Waals surface area contributed by atoms with Gasteiger partial charge in [-0.1, -0.05) is 61.7 Å². The molecule has 1 fully saturated rings. The number of hydrogen-bond acceptors (Lipinski definition) is 3. The smallest absolute Gasteiger partial charge is 0.243 e. The van der Waals surface area contributed by atoms with Crippen LogP contribution in [0.25, 0.3) is 0 Å². The number of carbonyl (C=O) groups is 2. The van der Waals surface area contributed by atoms with E-state index in [0.717, 1.165) is 36.1 Å². The summed E-state index contributed by atoms with van der Waals surface area (Å²) in [6.45, 7) is 2.43. The van der Waals surface area contributed by atoms with Gasteiger partial charge in [-0.2, -0.15) is 0 Å². The van der Waals surface area contributed by atoms with Crippen molar-refractivity contribution in [3.8, 4) is 0 Å². The Balaban J connectivity index is 1.66. The maximum Gasteiger partial charge on any atom is 0.243 e. The van der Waals surface area contributed by atoms with Gasteiger partial charge < -0.3 is 10.2 Å². The van der Waals surface area contributed by atoms with Crippen molar-refractivity contribution in [1.29, 1.82) is 0 Å². The predicted molar refractivity (Wildman–Crippen MR) is 128 cm³/mol. The molecule has 0 spiro atoms. The van der Waals surface area contributed by atoms with Crippen molar-refractivity contribution < 1.29 is 9.59 Å². The minimum atomic E-state index is -0.450. The van der Waals surface area contributed by atoms with Crippen LogP contribution in [-0.4, -0.2) is 34.6 Å². The Kier molecular flexibility index (Phi) is 9.29. The van der Waals surface area contributed by atoms with E-state index in [-0.39, 0.29) is 17.9 Å². The molecule has 0 radical (unpaired) electrons. The van der Waals surface area contributed by atoms with Crippen LogP contribution >= 0.6 is 23.4 Å². The second-order valence-corrected chi connectivity index (χ2v) is 9.58. The molecule has 0 bridgehead atoms. The Labute approximate surface area is 194 Å². The first kappa shape index (κ1) is 23.7. The number of nitrogens with one attached hydrogen (secondary N) is 1. The second kappa shape index (κ2) is 12.2. The summed E-state index contributed by atoms with van der Waals surface area (Å²) in [4.78, 5) is 29.2. The Bertz CT molecular complexity index is 838. The molecule has 2 amide bonds. The predicted octanol–water partition coefficient (Wildman–Crippen LogP) is 5.69. The molecular formula is C25H31ClN2O2S. The number of nitrogens with zero attached hydrogens (tertiary/aromatic N) is 1. The highest BCUT2D eigenvalue weighted by Crippen LogP contribution is 2.23. The molecule has 2 aromatic carbocycles. The van der Waals surface area contributed by atoms with Crippen LogP contribution in [0.3, 0.4) is 0 Å². The molecule has 2 aromatic rings. The van der Waals surface area contributed by atoms with Crippen LogP contribution in [0.4, 0.5) is 0 Å². The summed E-state index contributed by atoms with van der Waals surface area (Å²) in [5, 5.41) is 3.89. The maximum absolute atomic E-state index is 13.2. The first-order valence-corrected chi connectivity index (χ1v) is 12.4. The summed E-state index contributed by atoms with van der Waals surface area (Å²) in [6.07, 6.45) is 5.38. The Morgan fingerprint density at radius 2 is 1.77 bits per heavy atom. The van der Waals surface area contributed by atoms with E-state index in [0.29, 0.717) is 30.2 Å². The quantitative estimate of drug-likeness (QED) is 0.465. The molecule has 1 saturated carbocycles. The molecule has 1 atom stereocenters. The zero-order valence-corrected chi connectivity index (χ0v) is 19.6. The minimum Gasteiger partial charge on any atom is -0.352 e. The summed E-state index contributed by atoms with van der Waals surface area (Å²) < 4.78 is 0. The van der Waals surface area contributed by atoms with Crippen LogP contribution in [-0.2, 0) is 16.1 Å². The summed E-state index contributed by atoms with van der Waals surface area (Å²) in [7, 11) is 0. The normalized spacial score (nSPS) is 14.9. The summed E-state index contributed by atoms with van der Waals surface area (Å²) >= 11 is 7.58. The van der Waals surface area contributed by atoms with Crippen LogP contribution in [0.1, 0.15) is 51.0 Å². The van der Waals surface area contributed by atoms with Crippen LogP contribution in [0.15, 0.2) is 59.5 Å². The third-order valence-electron chi connectivity index (χ3n) is 5.68. The Morgan fingerprint density at radius 1 is 1.10 bits per heavy atom. The van der Waals surface area contributed by atoms with E-state index >= 15 is 0 Å². The SMILES string of the molecule is CCC(C(=O)NC1CCCC1)N(Cc1ccccc1)C(=O)CCSc1ccc(Cl)cc1. The van der Waals surface area contributed by atoms with Gasteiger partial charge in [-0.3, -0.25) is 9.59 Å². The topological polar surface area (TPSA) is 49.4 Å². The lowest BCUT2D eigenvalue weighted by molar-refractivity contribution is -0.141. The van der Waals surface area contributed by atoms with Gasteiger partial charge in [0.15, 0.2) is 0 Å². The van der Waals surface area contributed by atoms with E-state index in [1.807, 2.05) is 61.5 Å². The van der Waals surface area contributed by atoms with Crippen molar-refractivity contribution in [3.63, 3.8) is 0 Å². The van der Waals surface area contributed by atoms with Crippen LogP contribution in [0.5, 0.6) is 0 Å². The largest absolute Gasteiger partial charge is 0.352 e. The molecule has 1 N–H and O–H groups in total. The van der Waals surface area contributed by atoms with Crippen LogP contribution < -0.4 is 5.32 Å². The van der Waals surface area contributed by atoms with E-state index in [2.05, 4.69) is 5.32 Å². The van der Waals surface area contributed by atoms with Crippen molar-refractivity contribution in [1.82, 2.24) is 10.2 Å². The molecule has 3 rings (SSSR count). The average Bonchev–Trinajstić information content (AvgIpc) is 3.28. The monoisotopic (exact) mass is 458 g/mol. The molecule has 1 unspecified atom stereocenters. The fraction of sp³-hybridized carbons (Fsp3) is 0.440. The standard InChI is InChI=1S/C25H31ClN2O2S/c1-2-23(25(30)27-21-10-6-7-11-21)28(18-19-8-4-3-5-9-19)24(29)16-17-31-22-14-12-20(26)13-15-22/h3-5,8-9,12-15,21,23H,2,6-7,10-11,16-18H2,1H3,(H,27,30). The molecule has 166 valence electrons. The third kappa shape index (κ3) is 7.29. The maximum atomic E-state index is 13.2. The van der Waals surface area contributed by atoms with Gasteiger partial charge in [0.05, 0.1) is 0 Å². The highest BCUT2D eigenvalue weighted by Gasteiger charge is 2.30. The fourth-order valence-corrected chi connectivity index (χ4v) is 4.96. The number of halogens is 1. The van der Waals surface area contributed by atoms with Gasteiger partial charge in [0.2, 0.25) is 11.8 Å². The van der Waals surface area contributed by atoms with E-state index in [1.54, 1.807) is 16.7 Å². The van der Waals surface area contributed by atoms with Crippen molar-refractivity contribution in [2.45, 2.75) is 69.0 Å². The van der Waals surface area contributed by atoms with Crippen molar-refractivity contribution in [2.24, 2.45) is 0 Å². The fourth-order valence-electron chi connectivity index (χ4n) is 4.00. The number of rotatable bonds is 10. The summed E-state index contributed by atoms with van der Waals surface area (Å²) in [5.74, 6) is 0.648. The molecular weight excluding hydrogens is 428 g/mol. The third-order valence-corrected chi connectivity index (χ3v) is 6.95. The summed E-state index contributed by atoms with van der Waals surface area (Å²) in [5.41, 5.74) is 1.04. The number of thioether (sulfide) groups is 1. The lowest BCUT2D eigenvalue weighted by Gasteiger charge is -2.31. The average molecular weight is 459 g/mol. The number of benzene rings is 2. The molecule has 0 aliphatic heterocycles. The zero-order valence-electron chi connectivity index (χ0n) is 18.1. The summed E-state index contributed by atoms with van der Waals surface area (Å²) in [6, 6.07) is 17.3. The van der Waals surface area contributed by atoms with Crippen LogP contribution in [0.2, 0.25) is 5.02 Å². The van der Waals surface area contributed by atoms with Crippen LogP contribution in [0, 0.1) is 0 Å². The first-order valence-electron chi connectivity index (χ1n) is 11.1. The van der Waals surface area contributed by atoms with Crippen molar-refractivity contribution in [2.75, 3.05) is 5.75 Å². The van der Waals surface area contributed by atoms with E-state index in [9.17, 15) is 9.59 Å². The Morgan fingerprint density at radius 3 is 2.42 bits per heavy atom. The van der Waals surface area contributed by atoms with Crippen molar-refractivity contribution >= 4 is 35.2 Å². The number of hydrogen-bond donors (Lipinski definition) is 1. The lowest BCUT2D eigenvalue weighted by Crippen LogP contribution is -2.51. The van der Waals surface area contributed by atoms with E-state index in [4.69, 9.17) is 11.6 Å². The molecule has 31 heavy (non-hydrogen) atoms. The van der Waals surface area contributed by atoms with Gasteiger partial charge >= 0.3 is 0 Å². The van der Waals surface area contributed by atoms with E-state index in [1.165, 1.54) is 0 Å². The number of amides is 2. The molecule has 0 aromatic heterocycles. The lowest BCUT2D eigenvalue weighted by atomic mass is 10.1. The van der Waals surface area contributed by atoms with Gasteiger partial charge in [0.1, 0.15) is 6.04 Å². The molecule has 1 aliphatic rings. The van der Waals surface area contributed by atoms with Gasteiger partial charge in [-0.25, -0.2) is 0 Å². The van der Waals surface area contributed by atoms with Gasteiger partial charge in [-0.05, 0) is 49.1 Å². The zero-order chi connectivity index (χ0) is 22.1. The minimum absolute atomic E-state index is 0.0127. The highest BCUT2D eigenvalue weighted by molar-refractivity contribution is 7.99.